The van der Waals surface area contributed by atoms with Crippen LogP contribution in [0.2, 0.25) is 0 Å². The zero-order valence-electron chi connectivity index (χ0n) is 11.5. The molecule has 1 aliphatic heterocycles. The van der Waals surface area contributed by atoms with E-state index in [1.165, 1.54) is 38.5 Å². The molecule has 17 heavy (non-hydrogen) atoms. The van der Waals surface area contributed by atoms with Crippen LogP contribution in [-0.2, 0) is 0 Å². The summed E-state index contributed by atoms with van der Waals surface area (Å²) in [6.07, 6.45) is 12.3. The fourth-order valence-electron chi connectivity index (χ4n) is 5.15. The Labute approximate surface area is 111 Å². The topological polar surface area (TPSA) is 0 Å². The van der Waals surface area contributed by atoms with Gasteiger partial charge in [0.1, 0.15) is 0 Å². The van der Waals surface area contributed by atoms with Crippen LogP contribution in [0.3, 0.4) is 0 Å². The number of rotatable bonds is 0. The Morgan fingerprint density at radius 2 is 0.941 bits per heavy atom. The van der Waals surface area contributed by atoms with Gasteiger partial charge in [-0.1, -0.05) is 39.5 Å². The normalized spacial score (nSPS) is 51.2. The van der Waals surface area contributed by atoms with Crippen LogP contribution in [0.1, 0.15) is 65.2 Å². The molecule has 1 heterocycles. The summed E-state index contributed by atoms with van der Waals surface area (Å²) in [6.45, 7) is 5.06. The van der Waals surface area contributed by atoms with Crippen LogP contribution in [0.15, 0.2) is 0 Å². The summed E-state index contributed by atoms with van der Waals surface area (Å²) in [4.78, 5) is 0. The molecule has 0 bridgehead atoms. The van der Waals surface area contributed by atoms with Crippen molar-refractivity contribution in [3.8, 4) is 0 Å². The SMILES string of the molecule is CC1SC(C)C2CCCCC2C2CCCCC12. The Kier molecular flexibility index (Phi) is 3.75. The minimum Gasteiger partial charge on any atom is -0.155 e. The molecule has 6 atom stereocenters. The average molecular weight is 252 g/mol. The minimum atomic E-state index is 0.931. The number of hydrogen-bond acceptors (Lipinski definition) is 1. The summed E-state index contributed by atoms with van der Waals surface area (Å²) < 4.78 is 0. The molecule has 0 aromatic rings. The molecular weight excluding hydrogens is 224 g/mol. The van der Waals surface area contributed by atoms with Crippen molar-refractivity contribution in [3.63, 3.8) is 0 Å². The minimum absolute atomic E-state index is 0.931. The van der Waals surface area contributed by atoms with Gasteiger partial charge < -0.3 is 0 Å². The van der Waals surface area contributed by atoms with E-state index in [0.29, 0.717) is 0 Å². The lowest BCUT2D eigenvalue weighted by atomic mass is 9.63. The molecule has 0 aromatic heterocycles. The highest BCUT2D eigenvalue weighted by Gasteiger charge is 2.44. The van der Waals surface area contributed by atoms with Crippen LogP contribution >= 0.6 is 11.8 Å². The molecule has 3 fully saturated rings. The van der Waals surface area contributed by atoms with Gasteiger partial charge in [0, 0.05) is 10.5 Å². The molecule has 0 radical (unpaired) electrons. The Hall–Kier alpha value is 0.350. The molecule has 0 aromatic carbocycles. The molecule has 0 nitrogen and oxygen atoms in total. The van der Waals surface area contributed by atoms with Crippen LogP contribution in [0.25, 0.3) is 0 Å². The van der Waals surface area contributed by atoms with Gasteiger partial charge in [-0.25, -0.2) is 0 Å². The summed E-state index contributed by atoms with van der Waals surface area (Å²) in [5, 5.41) is 1.86. The summed E-state index contributed by atoms with van der Waals surface area (Å²) in [6, 6.07) is 0. The number of hydrogen-bond donors (Lipinski definition) is 0. The molecular formula is C16H28S. The standard InChI is InChI=1S/C16H28S/c1-11-13-7-3-5-9-15(13)16-10-6-4-8-14(16)12(2)17-11/h11-16H,3-10H2,1-2H3. The number of fused-ring (bicyclic) bond motifs is 3. The summed E-state index contributed by atoms with van der Waals surface area (Å²) in [5.74, 6) is 4.32. The van der Waals surface area contributed by atoms with Crippen LogP contribution < -0.4 is 0 Å². The van der Waals surface area contributed by atoms with E-state index in [4.69, 9.17) is 0 Å². The van der Waals surface area contributed by atoms with E-state index in [1.807, 2.05) is 0 Å². The van der Waals surface area contributed by atoms with Gasteiger partial charge in [-0.05, 0) is 49.4 Å². The molecule has 1 saturated heterocycles. The van der Waals surface area contributed by atoms with E-state index in [0.717, 1.165) is 34.2 Å². The largest absolute Gasteiger partial charge is 0.155 e. The van der Waals surface area contributed by atoms with Crippen LogP contribution in [-0.4, -0.2) is 10.5 Å². The van der Waals surface area contributed by atoms with Gasteiger partial charge in [0.05, 0.1) is 0 Å². The predicted molar refractivity (Wildman–Crippen MR) is 77.4 cm³/mol. The maximum atomic E-state index is 2.53. The van der Waals surface area contributed by atoms with E-state index >= 15 is 0 Å². The number of thioether (sulfide) groups is 1. The second-order valence-electron chi connectivity index (χ2n) is 6.77. The van der Waals surface area contributed by atoms with Crippen molar-refractivity contribution < 1.29 is 0 Å². The molecule has 0 N–H and O–H groups in total. The van der Waals surface area contributed by atoms with Crippen molar-refractivity contribution in [1.82, 2.24) is 0 Å². The lowest BCUT2D eigenvalue weighted by Gasteiger charge is -2.42. The first-order valence-electron chi connectivity index (χ1n) is 7.93. The van der Waals surface area contributed by atoms with Crippen LogP contribution in [0.4, 0.5) is 0 Å². The van der Waals surface area contributed by atoms with E-state index in [2.05, 4.69) is 25.6 Å². The smallest absolute Gasteiger partial charge is 0.00525 e. The summed E-state index contributed by atoms with van der Waals surface area (Å²) >= 11 is 2.33. The first-order valence-corrected chi connectivity index (χ1v) is 8.87. The molecule has 98 valence electrons. The maximum absolute atomic E-state index is 2.53. The molecule has 3 rings (SSSR count). The third-order valence-corrected chi connectivity index (χ3v) is 7.49. The lowest BCUT2D eigenvalue weighted by Crippen LogP contribution is -2.35. The maximum Gasteiger partial charge on any atom is 0.00525 e. The molecule has 0 amide bonds. The monoisotopic (exact) mass is 252 g/mol. The fraction of sp³-hybridized carbons (Fsp3) is 1.00. The van der Waals surface area contributed by atoms with E-state index < -0.39 is 0 Å². The van der Waals surface area contributed by atoms with Gasteiger partial charge in [-0.3, -0.25) is 0 Å². The zero-order valence-corrected chi connectivity index (χ0v) is 12.3. The average Bonchev–Trinajstić information content (AvgIpc) is 2.48. The third-order valence-electron chi connectivity index (χ3n) is 5.93. The van der Waals surface area contributed by atoms with Gasteiger partial charge >= 0.3 is 0 Å². The first kappa shape index (κ1) is 12.4. The second-order valence-corrected chi connectivity index (χ2v) is 8.53. The molecule has 2 saturated carbocycles. The predicted octanol–water partition coefficient (Wildman–Crippen LogP) is 5.12. The van der Waals surface area contributed by atoms with E-state index in [1.54, 1.807) is 12.8 Å². The van der Waals surface area contributed by atoms with Crippen LogP contribution in [0, 0.1) is 23.7 Å². The molecule has 0 spiro atoms. The van der Waals surface area contributed by atoms with Crippen molar-refractivity contribution in [2.24, 2.45) is 23.7 Å². The van der Waals surface area contributed by atoms with Gasteiger partial charge in [-0.15, -0.1) is 0 Å². The van der Waals surface area contributed by atoms with Crippen LogP contribution in [0.5, 0.6) is 0 Å². The van der Waals surface area contributed by atoms with Gasteiger partial charge in [0.2, 0.25) is 0 Å². The van der Waals surface area contributed by atoms with Gasteiger partial charge in [-0.2, -0.15) is 11.8 Å². The Morgan fingerprint density at radius 1 is 0.588 bits per heavy atom. The van der Waals surface area contributed by atoms with Gasteiger partial charge in [0.25, 0.3) is 0 Å². The van der Waals surface area contributed by atoms with Crippen molar-refractivity contribution in [2.45, 2.75) is 75.7 Å². The zero-order chi connectivity index (χ0) is 11.8. The molecule has 6 unspecified atom stereocenters. The van der Waals surface area contributed by atoms with Crippen molar-refractivity contribution in [3.05, 3.63) is 0 Å². The second kappa shape index (κ2) is 5.15. The molecule has 3 aliphatic rings. The molecule has 1 heteroatoms. The van der Waals surface area contributed by atoms with Crippen molar-refractivity contribution in [1.29, 1.82) is 0 Å². The summed E-state index contributed by atoms with van der Waals surface area (Å²) in [5.41, 5.74) is 0. The quantitative estimate of drug-likeness (QED) is 0.576. The lowest BCUT2D eigenvalue weighted by molar-refractivity contribution is 0.0893. The Balaban J connectivity index is 1.86. The van der Waals surface area contributed by atoms with Crippen molar-refractivity contribution in [2.75, 3.05) is 0 Å². The highest BCUT2D eigenvalue weighted by atomic mass is 32.2. The van der Waals surface area contributed by atoms with E-state index in [-0.39, 0.29) is 0 Å². The fourth-order valence-corrected chi connectivity index (χ4v) is 6.90. The highest BCUT2D eigenvalue weighted by molar-refractivity contribution is 8.00. The van der Waals surface area contributed by atoms with Crippen molar-refractivity contribution >= 4 is 11.8 Å². The van der Waals surface area contributed by atoms with Gasteiger partial charge in [0.15, 0.2) is 0 Å². The van der Waals surface area contributed by atoms with E-state index in [9.17, 15) is 0 Å². The first-order chi connectivity index (χ1) is 8.27. The Morgan fingerprint density at radius 3 is 1.35 bits per heavy atom. The summed E-state index contributed by atoms with van der Waals surface area (Å²) in [7, 11) is 0. The highest BCUT2D eigenvalue weighted by Crippen LogP contribution is 2.53. The third kappa shape index (κ3) is 2.29. The molecule has 2 aliphatic carbocycles. The Bertz CT molecular complexity index is 236.